The third-order valence-corrected chi connectivity index (χ3v) is 4.44. The van der Waals surface area contributed by atoms with E-state index >= 15 is 0 Å². The van der Waals surface area contributed by atoms with E-state index in [-0.39, 0.29) is 5.91 Å². The van der Waals surface area contributed by atoms with Gasteiger partial charge in [-0.15, -0.1) is 11.3 Å². The van der Waals surface area contributed by atoms with Crippen LogP contribution in [-0.4, -0.2) is 28.9 Å². The molecule has 1 atom stereocenters. The van der Waals surface area contributed by atoms with Crippen molar-refractivity contribution in [1.82, 2.24) is 9.88 Å². The van der Waals surface area contributed by atoms with E-state index in [0.29, 0.717) is 13.0 Å². The van der Waals surface area contributed by atoms with E-state index in [2.05, 4.69) is 11.9 Å². The molecule has 112 valence electrons. The predicted molar refractivity (Wildman–Crippen MR) is 86.1 cm³/mol. The van der Waals surface area contributed by atoms with Crippen LogP contribution in [0.3, 0.4) is 0 Å². The lowest BCUT2D eigenvalue weighted by Gasteiger charge is -2.20. The Morgan fingerprint density at radius 1 is 1.38 bits per heavy atom. The van der Waals surface area contributed by atoms with Crippen molar-refractivity contribution in [3.63, 3.8) is 0 Å². The van der Waals surface area contributed by atoms with Gasteiger partial charge in [-0.1, -0.05) is 37.3 Å². The molecule has 1 aromatic carbocycles. The molecule has 5 heteroatoms. The van der Waals surface area contributed by atoms with Crippen LogP contribution in [0, 0.1) is 0 Å². The molecule has 0 fully saturated rings. The van der Waals surface area contributed by atoms with E-state index in [4.69, 9.17) is 5.73 Å². The summed E-state index contributed by atoms with van der Waals surface area (Å²) >= 11 is 1.65. The molecule has 2 rings (SSSR count). The zero-order chi connectivity index (χ0) is 15.2. The van der Waals surface area contributed by atoms with Gasteiger partial charge in [0.25, 0.3) is 0 Å². The van der Waals surface area contributed by atoms with Crippen LogP contribution in [0.2, 0.25) is 0 Å². The number of aromatic nitrogens is 1. The molecule has 21 heavy (non-hydrogen) atoms. The fourth-order valence-electron chi connectivity index (χ4n) is 2.10. The van der Waals surface area contributed by atoms with Crippen LogP contribution in [0.4, 0.5) is 0 Å². The fraction of sp³-hybridized carbons (Fsp3) is 0.375. The number of nitrogens with zero attached hydrogens (tertiary/aromatic N) is 2. The smallest absolute Gasteiger partial charge is 0.239 e. The quantitative estimate of drug-likeness (QED) is 0.890. The topological polar surface area (TPSA) is 59.2 Å². The first-order chi connectivity index (χ1) is 10.1. The molecule has 1 aromatic heterocycles. The number of hydrogen-bond donors (Lipinski definition) is 1. The Labute approximate surface area is 129 Å². The van der Waals surface area contributed by atoms with Gasteiger partial charge in [-0.3, -0.25) is 4.79 Å². The van der Waals surface area contributed by atoms with Crippen LogP contribution >= 0.6 is 11.3 Å². The summed E-state index contributed by atoms with van der Waals surface area (Å²) in [4.78, 5) is 19.5. The number of carbonyl (C=O) groups excluding carboxylic acids is 1. The number of hydrogen-bond acceptors (Lipinski definition) is 4. The first-order valence-electron chi connectivity index (χ1n) is 7.08. The SMILES string of the molecule is CCc1cnc(CN(C)C(=O)C(N)Cc2ccccc2)s1. The summed E-state index contributed by atoms with van der Waals surface area (Å²) < 4.78 is 0. The number of aryl methyl sites for hydroxylation is 1. The molecular weight excluding hydrogens is 282 g/mol. The average Bonchev–Trinajstić information content (AvgIpc) is 2.95. The summed E-state index contributed by atoms with van der Waals surface area (Å²) in [5.41, 5.74) is 7.11. The Bertz CT molecular complexity index is 582. The van der Waals surface area contributed by atoms with Crippen molar-refractivity contribution >= 4 is 17.2 Å². The molecule has 0 radical (unpaired) electrons. The van der Waals surface area contributed by atoms with Crippen molar-refractivity contribution in [3.05, 3.63) is 52.0 Å². The maximum atomic E-state index is 12.3. The molecule has 0 bridgehead atoms. The van der Waals surface area contributed by atoms with Crippen LogP contribution in [0.1, 0.15) is 22.4 Å². The molecule has 0 spiro atoms. The maximum Gasteiger partial charge on any atom is 0.239 e. The monoisotopic (exact) mass is 303 g/mol. The van der Waals surface area contributed by atoms with Crippen molar-refractivity contribution in [2.24, 2.45) is 5.73 Å². The molecule has 1 unspecified atom stereocenters. The Balaban J connectivity index is 1.92. The van der Waals surface area contributed by atoms with Crippen LogP contribution in [0.25, 0.3) is 0 Å². The third kappa shape index (κ3) is 4.37. The molecule has 0 aliphatic carbocycles. The summed E-state index contributed by atoms with van der Waals surface area (Å²) in [6.07, 6.45) is 3.41. The molecule has 2 aromatic rings. The fourth-order valence-corrected chi connectivity index (χ4v) is 3.02. The van der Waals surface area contributed by atoms with Crippen LogP contribution in [0.15, 0.2) is 36.5 Å². The third-order valence-electron chi connectivity index (χ3n) is 3.31. The Hall–Kier alpha value is -1.72. The van der Waals surface area contributed by atoms with Gasteiger partial charge in [-0.2, -0.15) is 0 Å². The lowest BCUT2D eigenvalue weighted by atomic mass is 10.1. The van der Waals surface area contributed by atoms with Crippen molar-refractivity contribution in [1.29, 1.82) is 0 Å². The van der Waals surface area contributed by atoms with Crippen molar-refractivity contribution < 1.29 is 4.79 Å². The minimum absolute atomic E-state index is 0.0490. The predicted octanol–water partition coefficient (Wildman–Crippen LogP) is 2.23. The highest BCUT2D eigenvalue weighted by Crippen LogP contribution is 2.15. The highest BCUT2D eigenvalue weighted by atomic mass is 32.1. The first-order valence-corrected chi connectivity index (χ1v) is 7.90. The van der Waals surface area contributed by atoms with Gasteiger partial charge in [0, 0.05) is 18.1 Å². The van der Waals surface area contributed by atoms with E-state index in [1.165, 1.54) is 4.88 Å². The van der Waals surface area contributed by atoms with Gasteiger partial charge < -0.3 is 10.6 Å². The molecule has 2 N–H and O–H groups in total. The molecule has 1 amide bonds. The Morgan fingerprint density at radius 2 is 2.10 bits per heavy atom. The zero-order valence-electron chi connectivity index (χ0n) is 12.5. The second-order valence-electron chi connectivity index (χ2n) is 5.06. The van der Waals surface area contributed by atoms with Crippen LogP contribution < -0.4 is 5.73 Å². The Morgan fingerprint density at radius 3 is 2.71 bits per heavy atom. The lowest BCUT2D eigenvalue weighted by molar-refractivity contribution is -0.131. The standard InChI is InChI=1S/C16H21N3OS/c1-3-13-10-18-15(21-13)11-19(2)16(20)14(17)9-12-7-5-4-6-8-12/h4-8,10,14H,3,9,11,17H2,1-2H3. The first kappa shape index (κ1) is 15.7. The van der Waals surface area contributed by atoms with Gasteiger partial charge in [0.05, 0.1) is 12.6 Å². The molecule has 0 aliphatic rings. The van der Waals surface area contributed by atoms with Gasteiger partial charge in [-0.25, -0.2) is 4.98 Å². The van der Waals surface area contributed by atoms with Gasteiger partial charge in [0.1, 0.15) is 5.01 Å². The van der Waals surface area contributed by atoms with E-state index in [1.54, 1.807) is 23.3 Å². The van der Waals surface area contributed by atoms with Gasteiger partial charge in [-0.05, 0) is 18.4 Å². The average molecular weight is 303 g/mol. The molecule has 1 heterocycles. The second-order valence-corrected chi connectivity index (χ2v) is 6.26. The summed E-state index contributed by atoms with van der Waals surface area (Å²) in [5.74, 6) is -0.0490. The number of rotatable bonds is 6. The van der Waals surface area contributed by atoms with Gasteiger partial charge in [0.2, 0.25) is 5.91 Å². The maximum absolute atomic E-state index is 12.3. The van der Waals surface area contributed by atoms with Crippen molar-refractivity contribution in [2.45, 2.75) is 32.4 Å². The number of benzene rings is 1. The van der Waals surface area contributed by atoms with Crippen molar-refractivity contribution in [3.8, 4) is 0 Å². The summed E-state index contributed by atoms with van der Waals surface area (Å²) in [5, 5.41) is 0.953. The normalized spacial score (nSPS) is 12.1. The van der Waals surface area contributed by atoms with Gasteiger partial charge in [0.15, 0.2) is 0 Å². The second kappa shape index (κ2) is 7.33. The summed E-state index contributed by atoms with van der Waals surface area (Å²) in [7, 11) is 1.78. The zero-order valence-corrected chi connectivity index (χ0v) is 13.3. The summed E-state index contributed by atoms with van der Waals surface area (Å²) in [6.45, 7) is 2.62. The molecule has 0 saturated carbocycles. The highest BCUT2D eigenvalue weighted by Gasteiger charge is 2.19. The lowest BCUT2D eigenvalue weighted by Crippen LogP contribution is -2.42. The van der Waals surface area contributed by atoms with Crippen molar-refractivity contribution in [2.75, 3.05) is 7.05 Å². The van der Waals surface area contributed by atoms with E-state index in [1.807, 2.05) is 36.5 Å². The van der Waals surface area contributed by atoms with Crippen LogP contribution in [-0.2, 0) is 24.2 Å². The van der Waals surface area contributed by atoms with E-state index in [9.17, 15) is 4.79 Å². The molecule has 0 saturated heterocycles. The van der Waals surface area contributed by atoms with E-state index in [0.717, 1.165) is 17.0 Å². The van der Waals surface area contributed by atoms with Crippen LogP contribution in [0.5, 0.6) is 0 Å². The number of likely N-dealkylation sites (N-methyl/N-ethyl adjacent to an activating group) is 1. The molecule has 0 aliphatic heterocycles. The number of carbonyl (C=O) groups is 1. The number of nitrogens with two attached hydrogens (primary N) is 1. The Kier molecular flexibility index (Phi) is 5.47. The molecular formula is C16H21N3OS. The number of thiazole rings is 1. The largest absolute Gasteiger partial charge is 0.338 e. The number of amides is 1. The van der Waals surface area contributed by atoms with E-state index < -0.39 is 6.04 Å². The summed E-state index contributed by atoms with van der Waals surface area (Å²) in [6, 6.07) is 9.33. The minimum atomic E-state index is -0.511. The highest BCUT2D eigenvalue weighted by molar-refractivity contribution is 7.11. The molecule has 4 nitrogen and oxygen atoms in total. The minimum Gasteiger partial charge on any atom is -0.338 e. The van der Waals surface area contributed by atoms with Gasteiger partial charge >= 0.3 is 0 Å².